The van der Waals surface area contributed by atoms with Crippen LogP contribution < -0.4 is 11.1 Å². The Bertz CT molecular complexity index is 569. The van der Waals surface area contributed by atoms with Gasteiger partial charge in [-0.1, -0.05) is 0 Å². The zero-order valence-electron chi connectivity index (χ0n) is 9.54. The fourth-order valence-electron chi connectivity index (χ4n) is 2.50. The molecule has 5 nitrogen and oxygen atoms in total. The molecule has 0 saturated heterocycles. The minimum Gasteiger partial charge on any atom is -0.382 e. The summed E-state index contributed by atoms with van der Waals surface area (Å²) in [6.07, 6.45) is 1.03. The monoisotopic (exact) mass is 217 g/mol. The van der Waals surface area contributed by atoms with Crippen molar-refractivity contribution >= 4 is 16.9 Å². The number of nitrogens with one attached hydrogen (secondary N) is 1. The van der Waals surface area contributed by atoms with Crippen molar-refractivity contribution in [3.8, 4) is 0 Å². The second-order valence-corrected chi connectivity index (χ2v) is 4.29. The van der Waals surface area contributed by atoms with Gasteiger partial charge < -0.3 is 11.1 Å². The first-order chi connectivity index (χ1) is 7.68. The van der Waals surface area contributed by atoms with Gasteiger partial charge in [-0.25, -0.2) is 9.67 Å². The second-order valence-electron chi connectivity index (χ2n) is 4.29. The molecule has 0 radical (unpaired) electrons. The average molecular weight is 217 g/mol. The van der Waals surface area contributed by atoms with Gasteiger partial charge in [0.15, 0.2) is 11.5 Å². The summed E-state index contributed by atoms with van der Waals surface area (Å²) < 4.78 is 1.76. The quantitative estimate of drug-likeness (QED) is 0.674. The maximum Gasteiger partial charge on any atom is 0.160 e. The molecule has 0 spiro atoms. The number of nitrogens with zero attached hydrogens (tertiary/aromatic N) is 3. The van der Waals surface area contributed by atoms with Crippen LogP contribution in [-0.2, 0) is 20.0 Å². The van der Waals surface area contributed by atoms with Crippen molar-refractivity contribution in [2.24, 2.45) is 7.05 Å². The Morgan fingerprint density at radius 3 is 3.00 bits per heavy atom. The molecule has 0 saturated carbocycles. The molecule has 3 heterocycles. The van der Waals surface area contributed by atoms with Crippen molar-refractivity contribution in [2.75, 3.05) is 12.3 Å². The van der Waals surface area contributed by atoms with E-state index in [0.29, 0.717) is 5.82 Å². The minimum atomic E-state index is 0.588. The lowest BCUT2D eigenvalue weighted by Gasteiger charge is -2.19. The van der Waals surface area contributed by atoms with Crippen LogP contribution in [-0.4, -0.2) is 21.3 Å². The molecule has 2 aromatic rings. The van der Waals surface area contributed by atoms with Gasteiger partial charge in [0.2, 0.25) is 0 Å². The highest BCUT2D eigenvalue weighted by atomic mass is 15.3. The van der Waals surface area contributed by atoms with Crippen LogP contribution in [0.25, 0.3) is 11.0 Å². The lowest BCUT2D eigenvalue weighted by Crippen LogP contribution is -2.25. The van der Waals surface area contributed by atoms with Crippen molar-refractivity contribution in [2.45, 2.75) is 19.9 Å². The molecule has 3 N–H and O–H groups in total. The second kappa shape index (κ2) is 3.18. The number of hydrogen-bond donors (Lipinski definition) is 2. The topological polar surface area (TPSA) is 68.8 Å². The summed E-state index contributed by atoms with van der Waals surface area (Å²) in [5.41, 5.74) is 10.6. The molecule has 84 valence electrons. The van der Waals surface area contributed by atoms with E-state index in [-0.39, 0.29) is 0 Å². The Morgan fingerprint density at radius 1 is 1.38 bits per heavy atom. The summed E-state index contributed by atoms with van der Waals surface area (Å²) in [6.45, 7) is 3.94. The van der Waals surface area contributed by atoms with E-state index in [2.05, 4.69) is 22.3 Å². The van der Waals surface area contributed by atoms with Gasteiger partial charge in [0.05, 0.1) is 5.39 Å². The summed E-state index contributed by atoms with van der Waals surface area (Å²) in [7, 11) is 1.88. The molecular weight excluding hydrogens is 202 g/mol. The van der Waals surface area contributed by atoms with Crippen molar-refractivity contribution in [3.63, 3.8) is 0 Å². The average Bonchev–Trinajstić information content (AvgIpc) is 2.55. The molecule has 1 aliphatic rings. The first kappa shape index (κ1) is 9.59. The Hall–Kier alpha value is -1.62. The van der Waals surface area contributed by atoms with E-state index in [9.17, 15) is 0 Å². The lowest BCUT2D eigenvalue weighted by molar-refractivity contribution is 0.642. The maximum absolute atomic E-state index is 5.95. The van der Waals surface area contributed by atoms with Crippen LogP contribution in [0.4, 0.5) is 5.82 Å². The van der Waals surface area contributed by atoms with Gasteiger partial charge in [-0.2, -0.15) is 5.10 Å². The van der Waals surface area contributed by atoms with E-state index in [1.165, 1.54) is 11.1 Å². The molecule has 0 fully saturated rings. The van der Waals surface area contributed by atoms with Gasteiger partial charge in [-0.05, 0) is 31.0 Å². The third-order valence-corrected chi connectivity index (χ3v) is 3.27. The highest BCUT2D eigenvalue weighted by molar-refractivity contribution is 5.91. The van der Waals surface area contributed by atoms with E-state index in [1.54, 1.807) is 4.68 Å². The zero-order chi connectivity index (χ0) is 11.3. The van der Waals surface area contributed by atoms with E-state index >= 15 is 0 Å². The molecule has 0 amide bonds. The van der Waals surface area contributed by atoms with E-state index in [4.69, 9.17) is 5.73 Å². The van der Waals surface area contributed by atoms with Gasteiger partial charge in [0, 0.05) is 19.3 Å². The number of nitrogen functional groups attached to an aromatic ring is 1. The number of nitrogens with two attached hydrogens (primary N) is 1. The number of hydrogen-bond acceptors (Lipinski definition) is 4. The van der Waals surface area contributed by atoms with E-state index in [1.807, 2.05) is 7.05 Å². The van der Waals surface area contributed by atoms with Crippen molar-refractivity contribution in [1.82, 2.24) is 20.1 Å². The number of pyridine rings is 1. The van der Waals surface area contributed by atoms with Gasteiger partial charge in [-0.3, -0.25) is 0 Å². The van der Waals surface area contributed by atoms with Gasteiger partial charge in [0.25, 0.3) is 0 Å². The number of fused-ring (bicyclic) bond motifs is 3. The van der Waals surface area contributed by atoms with Crippen LogP contribution in [0.1, 0.15) is 16.8 Å². The molecule has 2 aromatic heterocycles. The first-order valence-electron chi connectivity index (χ1n) is 5.49. The lowest BCUT2D eigenvalue weighted by atomic mass is 9.97. The number of aryl methyl sites for hydroxylation is 2. The largest absolute Gasteiger partial charge is 0.382 e. The van der Waals surface area contributed by atoms with E-state index < -0.39 is 0 Å². The molecule has 1 aliphatic heterocycles. The smallest absolute Gasteiger partial charge is 0.160 e. The normalized spacial score (nSPS) is 15.4. The molecule has 16 heavy (non-hydrogen) atoms. The third-order valence-electron chi connectivity index (χ3n) is 3.27. The Balaban J connectivity index is 2.44. The summed E-state index contributed by atoms with van der Waals surface area (Å²) in [5, 5.41) is 8.64. The summed E-state index contributed by atoms with van der Waals surface area (Å²) in [5.74, 6) is 0.588. The molecule has 0 atom stereocenters. The van der Waals surface area contributed by atoms with Crippen LogP contribution >= 0.6 is 0 Å². The molecule has 0 aliphatic carbocycles. The highest BCUT2D eigenvalue weighted by Gasteiger charge is 2.20. The molecular formula is C11H15N5. The third kappa shape index (κ3) is 1.15. The Labute approximate surface area is 93.6 Å². The first-order valence-corrected chi connectivity index (χ1v) is 5.49. The standard InChI is InChI=1S/C11H15N5/c1-6-7-3-4-13-5-8(7)9-10(12)15-16(2)11(9)14-6/h13H,3-5H2,1-2H3,(H2,12,15). The fourth-order valence-corrected chi connectivity index (χ4v) is 2.50. The molecule has 0 unspecified atom stereocenters. The summed E-state index contributed by atoms with van der Waals surface area (Å²) in [4.78, 5) is 4.60. The minimum absolute atomic E-state index is 0.588. The summed E-state index contributed by atoms with van der Waals surface area (Å²) >= 11 is 0. The fraction of sp³-hybridized carbons (Fsp3) is 0.455. The number of aromatic nitrogens is 3. The van der Waals surface area contributed by atoms with Gasteiger partial charge in [-0.15, -0.1) is 0 Å². The molecule has 0 aromatic carbocycles. The predicted molar refractivity (Wildman–Crippen MR) is 63.1 cm³/mol. The van der Waals surface area contributed by atoms with Gasteiger partial charge in [0.1, 0.15) is 0 Å². The Morgan fingerprint density at radius 2 is 2.19 bits per heavy atom. The van der Waals surface area contributed by atoms with Crippen LogP contribution in [0, 0.1) is 6.92 Å². The summed E-state index contributed by atoms with van der Waals surface area (Å²) in [6, 6.07) is 0. The van der Waals surface area contributed by atoms with E-state index in [0.717, 1.165) is 36.2 Å². The van der Waals surface area contributed by atoms with Crippen LogP contribution in [0.2, 0.25) is 0 Å². The van der Waals surface area contributed by atoms with Crippen LogP contribution in [0.5, 0.6) is 0 Å². The maximum atomic E-state index is 5.95. The predicted octanol–water partition coefficient (Wildman–Crippen LogP) is 0.505. The van der Waals surface area contributed by atoms with Crippen LogP contribution in [0.15, 0.2) is 0 Å². The van der Waals surface area contributed by atoms with Gasteiger partial charge >= 0.3 is 0 Å². The molecule has 5 heteroatoms. The zero-order valence-corrected chi connectivity index (χ0v) is 9.54. The van der Waals surface area contributed by atoms with Crippen molar-refractivity contribution in [3.05, 3.63) is 16.8 Å². The number of rotatable bonds is 0. The Kier molecular flexibility index (Phi) is 1.91. The van der Waals surface area contributed by atoms with Crippen molar-refractivity contribution in [1.29, 1.82) is 0 Å². The molecule has 0 bridgehead atoms. The SMILES string of the molecule is Cc1nc2c(c(N)nn2C)c2c1CCNC2. The van der Waals surface area contributed by atoms with Crippen molar-refractivity contribution < 1.29 is 0 Å². The van der Waals surface area contributed by atoms with Crippen LogP contribution in [0.3, 0.4) is 0 Å². The molecule has 3 rings (SSSR count). The number of anilines is 1. The highest BCUT2D eigenvalue weighted by Crippen LogP contribution is 2.29.